The third kappa shape index (κ3) is 3.09. The first-order valence-electron chi connectivity index (χ1n) is 8.13. The first-order chi connectivity index (χ1) is 12.6. The number of benzene rings is 2. The van der Waals surface area contributed by atoms with Crippen molar-refractivity contribution in [2.24, 2.45) is 4.99 Å². The SMILES string of the molecule is C#CCn1c(=NC(=O)Cc2ccc3c(c2)OCO3)sc2cc(C)ccc21. The van der Waals surface area contributed by atoms with Crippen LogP contribution in [0, 0.1) is 19.3 Å². The van der Waals surface area contributed by atoms with E-state index in [0.29, 0.717) is 22.8 Å². The van der Waals surface area contributed by atoms with Crippen LogP contribution in [-0.4, -0.2) is 17.3 Å². The van der Waals surface area contributed by atoms with Gasteiger partial charge in [-0.3, -0.25) is 4.79 Å². The Kier molecular flexibility index (Phi) is 4.23. The molecule has 0 radical (unpaired) electrons. The molecule has 1 amide bonds. The maximum Gasteiger partial charge on any atom is 0.252 e. The highest BCUT2D eigenvalue weighted by atomic mass is 32.1. The minimum atomic E-state index is -0.224. The number of amides is 1. The summed E-state index contributed by atoms with van der Waals surface area (Å²) >= 11 is 1.47. The zero-order chi connectivity index (χ0) is 18.1. The molecule has 1 aliphatic rings. The second-order valence-electron chi connectivity index (χ2n) is 6.02. The maximum atomic E-state index is 12.5. The van der Waals surface area contributed by atoms with E-state index in [-0.39, 0.29) is 19.1 Å². The van der Waals surface area contributed by atoms with Gasteiger partial charge in [-0.2, -0.15) is 4.99 Å². The molecule has 6 heteroatoms. The van der Waals surface area contributed by atoms with E-state index in [1.807, 2.05) is 41.8 Å². The molecule has 0 spiro atoms. The molecular weight excluding hydrogens is 348 g/mol. The van der Waals surface area contributed by atoms with E-state index in [0.717, 1.165) is 21.3 Å². The summed E-state index contributed by atoms with van der Waals surface area (Å²) in [6, 6.07) is 11.6. The van der Waals surface area contributed by atoms with Crippen molar-refractivity contribution >= 4 is 27.5 Å². The number of carbonyl (C=O) groups is 1. The summed E-state index contributed by atoms with van der Waals surface area (Å²) in [5.74, 6) is 3.77. The number of fused-ring (bicyclic) bond motifs is 2. The largest absolute Gasteiger partial charge is 0.454 e. The molecule has 1 aromatic heterocycles. The lowest BCUT2D eigenvalue weighted by Crippen LogP contribution is -2.17. The average Bonchev–Trinajstić information content (AvgIpc) is 3.19. The first-order valence-corrected chi connectivity index (χ1v) is 8.95. The van der Waals surface area contributed by atoms with Gasteiger partial charge < -0.3 is 14.0 Å². The number of nitrogens with zero attached hydrogens (tertiary/aromatic N) is 2. The summed E-state index contributed by atoms with van der Waals surface area (Å²) in [5.41, 5.74) is 2.99. The molecule has 0 N–H and O–H groups in total. The minimum Gasteiger partial charge on any atom is -0.454 e. The number of carbonyl (C=O) groups excluding carboxylic acids is 1. The van der Waals surface area contributed by atoms with Crippen LogP contribution in [0.1, 0.15) is 11.1 Å². The van der Waals surface area contributed by atoms with Crippen LogP contribution >= 0.6 is 11.3 Å². The number of rotatable bonds is 3. The molecule has 4 rings (SSSR count). The van der Waals surface area contributed by atoms with Gasteiger partial charge in [0.15, 0.2) is 16.3 Å². The van der Waals surface area contributed by atoms with Crippen LogP contribution in [-0.2, 0) is 17.8 Å². The summed E-state index contributed by atoms with van der Waals surface area (Å²) in [4.78, 5) is 17.4. The molecule has 130 valence electrons. The summed E-state index contributed by atoms with van der Waals surface area (Å²) in [6.45, 7) is 2.62. The Bertz CT molecular complexity index is 1120. The van der Waals surface area contributed by atoms with Crippen molar-refractivity contribution in [3.63, 3.8) is 0 Å². The highest BCUT2D eigenvalue weighted by Crippen LogP contribution is 2.32. The molecule has 26 heavy (non-hydrogen) atoms. The number of aromatic nitrogens is 1. The van der Waals surface area contributed by atoms with Crippen LogP contribution in [0.2, 0.25) is 0 Å². The van der Waals surface area contributed by atoms with Crippen LogP contribution in [0.3, 0.4) is 0 Å². The molecule has 3 aromatic rings. The Morgan fingerprint density at radius 3 is 2.96 bits per heavy atom. The van der Waals surface area contributed by atoms with Gasteiger partial charge in [-0.15, -0.1) is 6.42 Å². The van der Waals surface area contributed by atoms with E-state index in [1.54, 1.807) is 0 Å². The molecule has 0 atom stereocenters. The minimum absolute atomic E-state index is 0.194. The first kappa shape index (κ1) is 16.4. The fraction of sp³-hybridized carbons (Fsp3) is 0.200. The molecule has 0 saturated carbocycles. The number of aryl methyl sites for hydroxylation is 1. The Morgan fingerprint density at radius 2 is 2.12 bits per heavy atom. The lowest BCUT2D eigenvalue weighted by molar-refractivity contribution is -0.117. The fourth-order valence-corrected chi connectivity index (χ4v) is 4.03. The second kappa shape index (κ2) is 6.70. The molecule has 0 unspecified atom stereocenters. The number of hydrogen-bond acceptors (Lipinski definition) is 4. The van der Waals surface area contributed by atoms with Gasteiger partial charge in [0.1, 0.15) is 0 Å². The van der Waals surface area contributed by atoms with Gasteiger partial charge in [0.05, 0.1) is 23.2 Å². The molecule has 5 nitrogen and oxygen atoms in total. The Balaban J connectivity index is 1.68. The van der Waals surface area contributed by atoms with E-state index in [9.17, 15) is 4.79 Å². The monoisotopic (exact) mass is 364 g/mol. The lowest BCUT2D eigenvalue weighted by atomic mass is 10.1. The maximum absolute atomic E-state index is 12.5. The Hall–Kier alpha value is -3.04. The van der Waals surface area contributed by atoms with Gasteiger partial charge >= 0.3 is 0 Å². The van der Waals surface area contributed by atoms with Crippen molar-refractivity contribution < 1.29 is 14.3 Å². The van der Waals surface area contributed by atoms with Crippen molar-refractivity contribution in [3.8, 4) is 23.8 Å². The van der Waals surface area contributed by atoms with Crippen LogP contribution in [0.15, 0.2) is 41.4 Å². The molecule has 0 aliphatic carbocycles. The van der Waals surface area contributed by atoms with Crippen molar-refractivity contribution in [1.29, 1.82) is 0 Å². The normalized spacial score (nSPS) is 13.2. The van der Waals surface area contributed by atoms with Crippen molar-refractivity contribution in [1.82, 2.24) is 4.57 Å². The van der Waals surface area contributed by atoms with Crippen molar-refractivity contribution in [3.05, 3.63) is 52.3 Å². The van der Waals surface area contributed by atoms with Gasteiger partial charge in [0.25, 0.3) is 5.91 Å². The van der Waals surface area contributed by atoms with E-state index >= 15 is 0 Å². The Morgan fingerprint density at radius 1 is 1.27 bits per heavy atom. The average molecular weight is 364 g/mol. The number of hydrogen-bond donors (Lipinski definition) is 0. The van der Waals surface area contributed by atoms with E-state index in [1.165, 1.54) is 11.3 Å². The van der Waals surface area contributed by atoms with Gasteiger partial charge in [-0.25, -0.2) is 0 Å². The lowest BCUT2D eigenvalue weighted by Gasteiger charge is -2.01. The van der Waals surface area contributed by atoms with E-state index < -0.39 is 0 Å². The van der Waals surface area contributed by atoms with E-state index in [4.69, 9.17) is 15.9 Å². The fourth-order valence-electron chi connectivity index (χ4n) is 2.88. The third-order valence-corrected chi connectivity index (χ3v) is 5.14. The van der Waals surface area contributed by atoms with Crippen LogP contribution in [0.5, 0.6) is 11.5 Å². The molecule has 1 aliphatic heterocycles. The highest BCUT2D eigenvalue weighted by molar-refractivity contribution is 7.16. The molecule has 0 bridgehead atoms. The molecular formula is C20H16N2O3S. The second-order valence-corrected chi connectivity index (χ2v) is 7.03. The zero-order valence-electron chi connectivity index (χ0n) is 14.2. The summed E-state index contributed by atoms with van der Waals surface area (Å²) < 4.78 is 13.6. The predicted octanol–water partition coefficient (Wildman–Crippen LogP) is 3.04. The summed E-state index contributed by atoms with van der Waals surface area (Å²) in [5, 5.41) is 0. The standard InChI is InChI=1S/C20H16N2O3S/c1-3-8-22-15-6-4-13(2)9-18(15)26-20(22)21-19(23)11-14-5-7-16-17(10-14)25-12-24-16/h1,4-7,9-10H,8,11-12H2,2H3. The topological polar surface area (TPSA) is 52.8 Å². The quantitative estimate of drug-likeness (QED) is 0.671. The smallest absolute Gasteiger partial charge is 0.252 e. The third-order valence-electron chi connectivity index (χ3n) is 4.10. The summed E-state index contributed by atoms with van der Waals surface area (Å²) in [7, 11) is 0. The van der Waals surface area contributed by atoms with Gasteiger partial charge in [-0.05, 0) is 42.3 Å². The predicted molar refractivity (Wildman–Crippen MR) is 100 cm³/mol. The molecule has 0 saturated heterocycles. The molecule has 2 aromatic carbocycles. The van der Waals surface area contributed by atoms with Crippen LogP contribution < -0.4 is 14.3 Å². The van der Waals surface area contributed by atoms with Crippen LogP contribution in [0.25, 0.3) is 10.2 Å². The molecule has 0 fully saturated rings. The van der Waals surface area contributed by atoms with Crippen molar-refractivity contribution in [2.75, 3.05) is 6.79 Å². The highest BCUT2D eigenvalue weighted by Gasteiger charge is 2.14. The summed E-state index contributed by atoms with van der Waals surface area (Å²) in [6.07, 6.45) is 5.69. The van der Waals surface area contributed by atoms with E-state index in [2.05, 4.69) is 17.0 Å². The number of terminal acetylenes is 1. The van der Waals surface area contributed by atoms with Gasteiger partial charge in [0, 0.05) is 0 Å². The molecule has 2 heterocycles. The Labute approximate surface area is 154 Å². The van der Waals surface area contributed by atoms with Gasteiger partial charge in [0.2, 0.25) is 6.79 Å². The van der Waals surface area contributed by atoms with Crippen molar-refractivity contribution in [2.45, 2.75) is 19.9 Å². The number of ether oxygens (including phenoxy) is 2. The number of thiazole rings is 1. The zero-order valence-corrected chi connectivity index (χ0v) is 15.0. The van der Waals surface area contributed by atoms with Gasteiger partial charge in [-0.1, -0.05) is 29.4 Å². The van der Waals surface area contributed by atoms with Crippen LogP contribution in [0.4, 0.5) is 0 Å².